The molecule has 0 spiro atoms. The summed E-state index contributed by atoms with van der Waals surface area (Å²) >= 11 is 1.80. The smallest absolute Gasteiger partial charge is 0.238 e. The van der Waals surface area contributed by atoms with Crippen LogP contribution in [0, 0.1) is 0 Å². The van der Waals surface area contributed by atoms with Crippen molar-refractivity contribution in [2.24, 2.45) is 5.14 Å². The summed E-state index contributed by atoms with van der Waals surface area (Å²) in [5.74, 6) is 1.87. The topological polar surface area (TPSA) is 72.2 Å². The quantitative estimate of drug-likeness (QED) is 0.802. The maximum absolute atomic E-state index is 11.2. The van der Waals surface area contributed by atoms with E-state index in [2.05, 4.69) is 5.32 Å². The maximum atomic E-state index is 11.2. The average molecular weight is 244 g/mol. The molecular weight excluding hydrogens is 232 g/mol. The van der Waals surface area contributed by atoms with Crippen LogP contribution in [0.25, 0.3) is 0 Å². The second-order valence-corrected chi connectivity index (χ2v) is 5.98. The average Bonchev–Trinajstić information content (AvgIpc) is 2.69. The first-order valence-corrected chi connectivity index (χ1v) is 7.21. The molecule has 6 heteroatoms. The number of sulfonamides is 1. The molecule has 1 aliphatic heterocycles. The van der Waals surface area contributed by atoms with Crippen LogP contribution in [0.15, 0.2) is 29.2 Å². The Labute approximate surface area is 93.3 Å². The Balaban J connectivity index is 2.34. The molecule has 3 N–H and O–H groups in total. The SMILES string of the molecule is NS(=O)(=O)c1cccc(C2CSCN2)c1. The first-order valence-electron chi connectivity index (χ1n) is 4.51. The van der Waals surface area contributed by atoms with E-state index in [1.165, 1.54) is 6.07 Å². The summed E-state index contributed by atoms with van der Waals surface area (Å²) in [4.78, 5) is 0.179. The highest BCUT2D eigenvalue weighted by Crippen LogP contribution is 2.25. The van der Waals surface area contributed by atoms with Gasteiger partial charge in [-0.3, -0.25) is 0 Å². The van der Waals surface area contributed by atoms with Crippen molar-refractivity contribution in [2.45, 2.75) is 10.9 Å². The van der Waals surface area contributed by atoms with E-state index in [0.717, 1.165) is 17.2 Å². The minimum absolute atomic E-state index is 0.179. The zero-order valence-corrected chi connectivity index (χ0v) is 9.64. The molecule has 0 amide bonds. The van der Waals surface area contributed by atoms with Gasteiger partial charge in [-0.2, -0.15) is 0 Å². The highest BCUT2D eigenvalue weighted by Gasteiger charge is 2.18. The second-order valence-electron chi connectivity index (χ2n) is 3.39. The van der Waals surface area contributed by atoms with Crippen molar-refractivity contribution in [3.05, 3.63) is 29.8 Å². The molecule has 1 aromatic carbocycles. The summed E-state index contributed by atoms with van der Waals surface area (Å²) in [6.07, 6.45) is 0. The van der Waals surface area contributed by atoms with Gasteiger partial charge in [-0.25, -0.2) is 13.6 Å². The minimum atomic E-state index is -3.59. The van der Waals surface area contributed by atoms with Crippen LogP contribution in [0.5, 0.6) is 0 Å². The van der Waals surface area contributed by atoms with Crippen molar-refractivity contribution in [1.82, 2.24) is 5.32 Å². The third-order valence-electron chi connectivity index (χ3n) is 2.31. The summed E-state index contributed by atoms with van der Waals surface area (Å²) < 4.78 is 22.3. The second kappa shape index (κ2) is 4.13. The Hall–Kier alpha value is -0.560. The van der Waals surface area contributed by atoms with Gasteiger partial charge in [0.05, 0.1) is 4.90 Å². The Bertz CT molecular complexity index is 453. The predicted molar refractivity (Wildman–Crippen MR) is 61.0 cm³/mol. The van der Waals surface area contributed by atoms with Crippen LogP contribution in [0.3, 0.4) is 0 Å². The summed E-state index contributed by atoms with van der Waals surface area (Å²) in [7, 11) is -3.59. The Kier molecular flexibility index (Phi) is 3.01. The third kappa shape index (κ3) is 2.52. The summed E-state index contributed by atoms with van der Waals surface area (Å²) in [6.45, 7) is 0. The van der Waals surface area contributed by atoms with Gasteiger partial charge in [-0.1, -0.05) is 12.1 Å². The number of nitrogens with two attached hydrogens (primary N) is 1. The molecule has 1 aromatic rings. The summed E-state index contributed by atoms with van der Waals surface area (Å²) in [6, 6.07) is 7.02. The van der Waals surface area contributed by atoms with Crippen molar-refractivity contribution in [3.63, 3.8) is 0 Å². The van der Waals surface area contributed by atoms with Crippen molar-refractivity contribution < 1.29 is 8.42 Å². The molecule has 1 fully saturated rings. The molecule has 1 saturated heterocycles. The molecule has 15 heavy (non-hydrogen) atoms. The van der Waals surface area contributed by atoms with E-state index in [9.17, 15) is 8.42 Å². The monoisotopic (exact) mass is 244 g/mol. The van der Waals surface area contributed by atoms with E-state index < -0.39 is 10.0 Å². The zero-order chi connectivity index (χ0) is 10.9. The largest absolute Gasteiger partial charge is 0.300 e. The van der Waals surface area contributed by atoms with Crippen LogP contribution in [0.1, 0.15) is 11.6 Å². The molecule has 4 nitrogen and oxygen atoms in total. The van der Waals surface area contributed by atoms with E-state index in [1.807, 2.05) is 6.07 Å². The minimum Gasteiger partial charge on any atom is -0.300 e. The lowest BCUT2D eigenvalue weighted by Crippen LogP contribution is -2.16. The van der Waals surface area contributed by atoms with Gasteiger partial charge >= 0.3 is 0 Å². The fourth-order valence-corrected chi connectivity index (χ4v) is 3.07. The number of primary sulfonamides is 1. The molecule has 1 heterocycles. The molecule has 82 valence electrons. The van der Waals surface area contributed by atoms with Crippen LogP contribution in [0.2, 0.25) is 0 Å². The van der Waals surface area contributed by atoms with Gasteiger partial charge in [-0.05, 0) is 17.7 Å². The first-order chi connectivity index (χ1) is 7.07. The van der Waals surface area contributed by atoms with Gasteiger partial charge in [0.15, 0.2) is 0 Å². The van der Waals surface area contributed by atoms with Crippen molar-refractivity contribution in [2.75, 3.05) is 11.6 Å². The van der Waals surface area contributed by atoms with Crippen LogP contribution in [0.4, 0.5) is 0 Å². The molecule has 1 aliphatic rings. The zero-order valence-electron chi connectivity index (χ0n) is 8.01. The lowest BCUT2D eigenvalue weighted by atomic mass is 10.1. The van der Waals surface area contributed by atoms with Crippen molar-refractivity contribution in [1.29, 1.82) is 0 Å². The summed E-state index contributed by atoms with van der Waals surface area (Å²) in [5, 5.41) is 8.35. The van der Waals surface area contributed by atoms with E-state index in [-0.39, 0.29) is 10.9 Å². The Morgan fingerprint density at radius 2 is 2.27 bits per heavy atom. The molecular formula is C9H12N2O2S2. The predicted octanol–water partition coefficient (Wildman–Crippen LogP) is 0.669. The van der Waals surface area contributed by atoms with Crippen molar-refractivity contribution in [3.8, 4) is 0 Å². The molecule has 1 atom stereocenters. The Morgan fingerprint density at radius 1 is 1.47 bits per heavy atom. The third-order valence-corrected chi connectivity index (χ3v) is 4.16. The molecule has 0 bridgehead atoms. The highest BCUT2D eigenvalue weighted by molar-refractivity contribution is 7.99. The van der Waals surface area contributed by atoms with Gasteiger partial charge in [0.2, 0.25) is 10.0 Å². The highest BCUT2D eigenvalue weighted by atomic mass is 32.2. The number of rotatable bonds is 2. The van der Waals surface area contributed by atoms with Gasteiger partial charge in [-0.15, -0.1) is 11.8 Å². The van der Waals surface area contributed by atoms with Gasteiger partial charge < -0.3 is 5.32 Å². The number of hydrogen-bond donors (Lipinski definition) is 2. The Morgan fingerprint density at radius 3 is 2.87 bits per heavy atom. The van der Waals surface area contributed by atoms with Crippen LogP contribution >= 0.6 is 11.8 Å². The molecule has 2 rings (SSSR count). The first kappa shape index (κ1) is 10.9. The fourth-order valence-electron chi connectivity index (χ4n) is 1.52. The van der Waals surface area contributed by atoms with E-state index in [1.54, 1.807) is 23.9 Å². The lowest BCUT2D eigenvalue weighted by Gasteiger charge is -2.10. The van der Waals surface area contributed by atoms with Gasteiger partial charge in [0.1, 0.15) is 0 Å². The molecule has 0 aromatic heterocycles. The molecule has 0 aliphatic carbocycles. The van der Waals surface area contributed by atoms with E-state index in [0.29, 0.717) is 0 Å². The van der Waals surface area contributed by atoms with Gasteiger partial charge in [0.25, 0.3) is 0 Å². The molecule has 0 saturated carbocycles. The number of benzene rings is 1. The normalized spacial score (nSPS) is 21.8. The fraction of sp³-hybridized carbons (Fsp3) is 0.333. The lowest BCUT2D eigenvalue weighted by molar-refractivity contribution is 0.597. The number of thioether (sulfide) groups is 1. The van der Waals surface area contributed by atoms with Crippen LogP contribution < -0.4 is 10.5 Å². The van der Waals surface area contributed by atoms with E-state index in [4.69, 9.17) is 5.14 Å². The molecule has 1 unspecified atom stereocenters. The van der Waals surface area contributed by atoms with E-state index >= 15 is 0 Å². The van der Waals surface area contributed by atoms with Crippen LogP contribution in [-0.4, -0.2) is 20.0 Å². The van der Waals surface area contributed by atoms with Crippen molar-refractivity contribution >= 4 is 21.8 Å². The number of nitrogens with one attached hydrogen (secondary N) is 1. The van der Waals surface area contributed by atoms with Gasteiger partial charge in [0, 0.05) is 17.7 Å². The standard InChI is InChI=1S/C9H12N2O2S2/c10-15(12,13)8-3-1-2-7(4-8)9-5-14-6-11-9/h1-4,9,11H,5-6H2,(H2,10,12,13). The van der Waals surface area contributed by atoms with Crippen LogP contribution in [-0.2, 0) is 10.0 Å². The summed E-state index contributed by atoms with van der Waals surface area (Å²) in [5.41, 5.74) is 0.978. The number of hydrogen-bond acceptors (Lipinski definition) is 4. The molecule has 0 radical (unpaired) electrons. The maximum Gasteiger partial charge on any atom is 0.238 e.